The number of unbranched alkanes of at least 4 members (excludes halogenated alkanes) is 4. The fraction of sp³-hybridized carbons (Fsp3) is 0.548. The summed E-state index contributed by atoms with van der Waals surface area (Å²) in [6.07, 6.45) is 5.27. The van der Waals surface area contributed by atoms with E-state index in [-0.39, 0.29) is 17.8 Å². The Bertz CT molecular complexity index is 1310. The maximum atomic E-state index is 13.5. The quantitative estimate of drug-likeness (QED) is 0.361. The van der Waals surface area contributed by atoms with E-state index >= 15 is 0 Å². The number of ether oxygens (including phenoxy) is 1. The van der Waals surface area contributed by atoms with Crippen LogP contribution in [0.1, 0.15) is 75.7 Å². The molecule has 0 N–H and O–H groups in total. The molecule has 2 aromatic rings. The van der Waals surface area contributed by atoms with Gasteiger partial charge >= 0.3 is 6.09 Å². The Hall–Kier alpha value is -3.07. The first-order valence-corrected chi connectivity index (χ1v) is 16.1. The number of hydrogen-bond donors (Lipinski definition) is 0. The molecule has 0 unspecified atom stereocenters. The molecule has 0 saturated carbocycles. The largest absolute Gasteiger partial charge is 0.444 e. The summed E-state index contributed by atoms with van der Waals surface area (Å²) < 4.78 is 31.3. The lowest BCUT2D eigenvalue weighted by Crippen LogP contribution is -2.50. The van der Waals surface area contributed by atoms with Gasteiger partial charge in [-0.25, -0.2) is 13.2 Å². The van der Waals surface area contributed by atoms with Gasteiger partial charge in [0.05, 0.1) is 10.6 Å². The van der Waals surface area contributed by atoms with Crippen molar-refractivity contribution in [1.82, 2.24) is 4.90 Å². The first kappa shape index (κ1) is 29.9. The molecule has 4 rings (SSSR count). The van der Waals surface area contributed by atoms with E-state index in [1.54, 1.807) is 28.0 Å². The fourth-order valence-electron chi connectivity index (χ4n) is 5.26. The average Bonchev–Trinajstić information content (AvgIpc) is 3.35. The monoisotopic (exact) mass is 569 g/mol. The van der Waals surface area contributed by atoms with Crippen molar-refractivity contribution in [1.29, 1.82) is 0 Å². The lowest BCUT2D eigenvalue weighted by Gasteiger charge is -2.36. The third-order valence-corrected chi connectivity index (χ3v) is 9.26. The molecule has 0 spiro atoms. The number of piperazine rings is 1. The van der Waals surface area contributed by atoms with Crippen molar-refractivity contribution in [3.8, 4) is 0 Å². The number of amides is 2. The number of sulfone groups is 1. The molecule has 218 valence electrons. The molecule has 0 aliphatic carbocycles. The molecule has 2 heterocycles. The topological polar surface area (TPSA) is 87.2 Å². The highest BCUT2D eigenvalue weighted by Crippen LogP contribution is 2.32. The van der Waals surface area contributed by atoms with Crippen molar-refractivity contribution in [3.05, 3.63) is 53.6 Å². The Morgan fingerprint density at radius 3 is 2.33 bits per heavy atom. The molecule has 1 fully saturated rings. The number of rotatable bonds is 9. The standard InChI is InChI=1S/C31H43N3O5S/c1-5-6-7-8-9-21-40(37,38)27-13-14-28-24(23-27)15-16-34(28)29(35)25-11-10-12-26(22-25)32-17-19-33(20-18-32)30(36)39-31(2,3)4/h10-14,22-23H,5-9,15-21H2,1-4H3. The summed E-state index contributed by atoms with van der Waals surface area (Å²) in [5.41, 5.74) is 2.68. The molecule has 2 amide bonds. The van der Waals surface area contributed by atoms with Gasteiger partial charge in [0.15, 0.2) is 9.84 Å². The third kappa shape index (κ3) is 7.36. The second-order valence-electron chi connectivity index (χ2n) is 11.7. The van der Waals surface area contributed by atoms with Gasteiger partial charge in [-0.2, -0.15) is 0 Å². The summed E-state index contributed by atoms with van der Waals surface area (Å²) in [7, 11) is -3.34. The Balaban J connectivity index is 1.39. The molecule has 0 aromatic heterocycles. The summed E-state index contributed by atoms with van der Waals surface area (Å²) in [6, 6.07) is 12.8. The minimum Gasteiger partial charge on any atom is -0.444 e. The lowest BCUT2D eigenvalue weighted by molar-refractivity contribution is 0.0240. The van der Waals surface area contributed by atoms with Crippen LogP contribution in [0.5, 0.6) is 0 Å². The van der Waals surface area contributed by atoms with E-state index in [0.717, 1.165) is 42.6 Å². The number of anilines is 2. The van der Waals surface area contributed by atoms with E-state index < -0.39 is 15.4 Å². The van der Waals surface area contributed by atoms with Gasteiger partial charge in [0.25, 0.3) is 5.91 Å². The summed E-state index contributed by atoms with van der Waals surface area (Å²) in [4.78, 5) is 31.9. The SMILES string of the molecule is CCCCCCCS(=O)(=O)c1ccc2c(c1)CCN2C(=O)c1cccc(N2CCN(C(=O)OC(C)(C)C)CC2)c1. The van der Waals surface area contributed by atoms with E-state index in [2.05, 4.69) is 11.8 Å². The van der Waals surface area contributed by atoms with Crippen molar-refractivity contribution in [3.63, 3.8) is 0 Å². The molecule has 0 radical (unpaired) electrons. The first-order valence-electron chi connectivity index (χ1n) is 14.5. The van der Waals surface area contributed by atoms with E-state index in [4.69, 9.17) is 4.74 Å². The van der Waals surface area contributed by atoms with Gasteiger partial charge in [-0.15, -0.1) is 0 Å². The van der Waals surface area contributed by atoms with Gasteiger partial charge in [0.2, 0.25) is 0 Å². The van der Waals surface area contributed by atoms with Crippen molar-refractivity contribution >= 4 is 33.2 Å². The van der Waals surface area contributed by atoms with E-state index in [1.165, 1.54) is 0 Å². The third-order valence-electron chi connectivity index (χ3n) is 7.46. The van der Waals surface area contributed by atoms with Crippen molar-refractivity contribution in [2.75, 3.05) is 48.3 Å². The summed E-state index contributed by atoms with van der Waals surface area (Å²) in [6.45, 7) is 10.7. The van der Waals surface area contributed by atoms with Crippen LogP contribution < -0.4 is 9.80 Å². The molecule has 2 aliphatic heterocycles. The maximum absolute atomic E-state index is 13.5. The van der Waals surface area contributed by atoms with Crippen molar-refractivity contribution < 1.29 is 22.7 Å². The van der Waals surface area contributed by atoms with Gasteiger partial charge in [-0.1, -0.05) is 38.7 Å². The summed E-state index contributed by atoms with van der Waals surface area (Å²) in [5.74, 6) is 0.0660. The zero-order valence-electron chi connectivity index (χ0n) is 24.3. The van der Waals surface area contributed by atoms with Crippen LogP contribution in [-0.2, 0) is 21.0 Å². The molecule has 2 aliphatic rings. The Morgan fingerprint density at radius 2 is 1.62 bits per heavy atom. The minimum atomic E-state index is -3.34. The second kappa shape index (κ2) is 12.6. The maximum Gasteiger partial charge on any atom is 0.410 e. The number of carbonyl (C=O) groups is 2. The normalized spacial score (nSPS) is 15.8. The van der Waals surface area contributed by atoms with Gasteiger partial charge < -0.3 is 19.4 Å². The van der Waals surface area contributed by atoms with Gasteiger partial charge in [-0.3, -0.25) is 4.79 Å². The molecule has 0 atom stereocenters. The summed E-state index contributed by atoms with van der Waals surface area (Å²) in [5, 5.41) is 0. The Morgan fingerprint density at radius 1 is 0.900 bits per heavy atom. The van der Waals surface area contributed by atoms with Gasteiger partial charge in [0.1, 0.15) is 5.60 Å². The predicted octanol–water partition coefficient (Wildman–Crippen LogP) is 5.69. The van der Waals surface area contributed by atoms with Crippen LogP contribution in [0.25, 0.3) is 0 Å². The van der Waals surface area contributed by atoms with Crippen LogP contribution >= 0.6 is 0 Å². The van der Waals surface area contributed by atoms with Crippen LogP contribution in [0.4, 0.5) is 16.2 Å². The van der Waals surface area contributed by atoms with Crippen molar-refractivity contribution in [2.24, 2.45) is 0 Å². The fourth-order valence-corrected chi connectivity index (χ4v) is 6.68. The number of nitrogens with zero attached hydrogens (tertiary/aromatic N) is 3. The Labute approximate surface area is 239 Å². The zero-order valence-corrected chi connectivity index (χ0v) is 25.1. The highest BCUT2D eigenvalue weighted by atomic mass is 32.2. The van der Waals surface area contributed by atoms with E-state index in [0.29, 0.717) is 56.0 Å². The molecule has 0 bridgehead atoms. The first-order chi connectivity index (χ1) is 19.0. The predicted molar refractivity (Wildman–Crippen MR) is 159 cm³/mol. The molecule has 2 aromatic carbocycles. The van der Waals surface area contributed by atoms with Gasteiger partial charge in [-0.05, 0) is 75.6 Å². The van der Waals surface area contributed by atoms with Gasteiger partial charge in [0, 0.05) is 49.7 Å². The average molecular weight is 570 g/mol. The number of fused-ring (bicyclic) bond motifs is 1. The summed E-state index contributed by atoms with van der Waals surface area (Å²) >= 11 is 0. The molecular weight excluding hydrogens is 526 g/mol. The number of benzene rings is 2. The van der Waals surface area contributed by atoms with Crippen LogP contribution in [0.3, 0.4) is 0 Å². The number of carbonyl (C=O) groups excluding carboxylic acids is 2. The van der Waals surface area contributed by atoms with Crippen molar-refractivity contribution in [2.45, 2.75) is 76.7 Å². The molecule has 1 saturated heterocycles. The zero-order chi connectivity index (χ0) is 28.9. The Kier molecular flexibility index (Phi) is 9.44. The highest BCUT2D eigenvalue weighted by molar-refractivity contribution is 7.91. The van der Waals surface area contributed by atoms with Crippen LogP contribution in [-0.4, -0.2) is 69.4 Å². The molecule has 9 heteroatoms. The smallest absolute Gasteiger partial charge is 0.410 e. The van der Waals surface area contributed by atoms with Crippen LogP contribution in [0, 0.1) is 0 Å². The second-order valence-corrected chi connectivity index (χ2v) is 13.8. The molecular formula is C31H43N3O5S. The minimum absolute atomic E-state index is 0.0977. The molecule has 8 nitrogen and oxygen atoms in total. The van der Waals surface area contributed by atoms with Crippen LogP contribution in [0.15, 0.2) is 47.4 Å². The van der Waals surface area contributed by atoms with E-state index in [9.17, 15) is 18.0 Å². The van der Waals surface area contributed by atoms with Crippen LogP contribution in [0.2, 0.25) is 0 Å². The van der Waals surface area contributed by atoms with E-state index in [1.807, 2.05) is 45.0 Å². The highest BCUT2D eigenvalue weighted by Gasteiger charge is 2.29. The molecule has 40 heavy (non-hydrogen) atoms. The lowest BCUT2D eigenvalue weighted by atomic mass is 10.1. The number of hydrogen-bond acceptors (Lipinski definition) is 6.